The number of esters is 2. The van der Waals surface area contributed by atoms with Crippen LogP contribution in [0.15, 0.2) is 24.3 Å². The quantitative estimate of drug-likeness (QED) is 0.199. The molecule has 0 amide bonds. The predicted octanol–water partition coefficient (Wildman–Crippen LogP) is 6.55. The highest BCUT2D eigenvalue weighted by Crippen LogP contribution is 2.11. The summed E-state index contributed by atoms with van der Waals surface area (Å²) in [7, 11) is 0. The average molecular weight is 423 g/mol. The van der Waals surface area contributed by atoms with Crippen molar-refractivity contribution >= 4 is 11.9 Å². The first-order valence-electron chi connectivity index (χ1n) is 11.7. The second kappa shape index (κ2) is 17.9. The molecule has 0 aliphatic carbocycles. The summed E-state index contributed by atoms with van der Waals surface area (Å²) in [5.74, 6) is -0.919. The first-order chi connectivity index (χ1) is 14.6. The van der Waals surface area contributed by atoms with Gasteiger partial charge in [-0.1, -0.05) is 82.9 Å². The fraction of sp³-hybridized carbons (Fsp3) is 0.680. The van der Waals surface area contributed by atoms with Crippen LogP contribution in [-0.2, 0) is 25.5 Å². The van der Waals surface area contributed by atoms with Gasteiger partial charge in [-0.2, -0.15) is 0 Å². The molecule has 0 atom stereocenters. The van der Waals surface area contributed by atoms with E-state index in [1.807, 2.05) is 0 Å². The molecule has 0 fully saturated rings. The summed E-state index contributed by atoms with van der Waals surface area (Å²) in [6.07, 6.45) is 13.6. The highest BCUT2D eigenvalue weighted by Gasteiger charge is 2.08. The van der Waals surface area contributed by atoms with E-state index in [9.17, 15) is 14.0 Å². The number of rotatable bonds is 18. The van der Waals surface area contributed by atoms with Gasteiger partial charge in [0.05, 0.1) is 13.2 Å². The zero-order chi connectivity index (χ0) is 21.9. The maximum atomic E-state index is 13.5. The smallest absolute Gasteiger partial charge is 0.305 e. The van der Waals surface area contributed by atoms with Crippen molar-refractivity contribution in [2.45, 2.75) is 96.8 Å². The lowest BCUT2D eigenvalue weighted by molar-refractivity contribution is -0.145. The zero-order valence-electron chi connectivity index (χ0n) is 18.6. The lowest BCUT2D eigenvalue weighted by Crippen LogP contribution is -2.10. The summed E-state index contributed by atoms with van der Waals surface area (Å²) in [4.78, 5) is 23.4. The number of unbranched alkanes of at least 4 members (excludes halogenated alkanes) is 9. The second-order valence-corrected chi connectivity index (χ2v) is 7.82. The lowest BCUT2D eigenvalue weighted by atomic mass is 10.1. The van der Waals surface area contributed by atoms with Gasteiger partial charge in [-0.15, -0.1) is 0 Å². The Morgan fingerprint density at radius 1 is 0.733 bits per heavy atom. The molecule has 0 aromatic heterocycles. The summed E-state index contributed by atoms with van der Waals surface area (Å²) in [5.41, 5.74) is 0.529. The number of ether oxygens (including phenoxy) is 2. The van der Waals surface area contributed by atoms with Gasteiger partial charge in [0.15, 0.2) is 0 Å². The Morgan fingerprint density at radius 2 is 1.27 bits per heavy atom. The number of carbonyl (C=O) groups excluding carboxylic acids is 2. The summed E-state index contributed by atoms with van der Waals surface area (Å²) < 4.78 is 23.8. The van der Waals surface area contributed by atoms with Crippen LogP contribution in [0.3, 0.4) is 0 Å². The molecule has 5 heteroatoms. The standard InChI is InChI=1S/C25H39FO4/c1-2-3-4-5-6-7-8-9-10-13-20-29-24(27)17-14-18-25(28)30-21-19-22-15-11-12-16-23(22)26/h11-12,15-16H,2-10,13-14,17-21H2,1H3. The molecule has 170 valence electrons. The topological polar surface area (TPSA) is 52.6 Å². The van der Waals surface area contributed by atoms with Gasteiger partial charge in [0.1, 0.15) is 5.82 Å². The SMILES string of the molecule is CCCCCCCCCCCCOC(=O)CCCC(=O)OCCc1ccccc1F. The van der Waals surface area contributed by atoms with Crippen molar-refractivity contribution < 1.29 is 23.5 Å². The lowest BCUT2D eigenvalue weighted by Gasteiger charge is -2.07. The van der Waals surface area contributed by atoms with E-state index in [-0.39, 0.29) is 37.2 Å². The van der Waals surface area contributed by atoms with Gasteiger partial charge in [-0.25, -0.2) is 4.39 Å². The number of halogens is 1. The van der Waals surface area contributed by atoms with Crippen molar-refractivity contribution in [1.82, 2.24) is 0 Å². The van der Waals surface area contributed by atoms with Crippen LogP contribution in [-0.4, -0.2) is 25.2 Å². The molecule has 0 saturated heterocycles. The summed E-state index contributed by atoms with van der Waals surface area (Å²) in [6, 6.07) is 6.44. The maximum absolute atomic E-state index is 13.5. The Kier molecular flexibility index (Phi) is 15.6. The van der Waals surface area contributed by atoms with Crippen molar-refractivity contribution in [3.05, 3.63) is 35.6 Å². The van der Waals surface area contributed by atoms with Crippen molar-refractivity contribution in [2.75, 3.05) is 13.2 Å². The monoisotopic (exact) mass is 422 g/mol. The third-order valence-electron chi connectivity index (χ3n) is 5.12. The van der Waals surface area contributed by atoms with E-state index >= 15 is 0 Å². The molecule has 0 N–H and O–H groups in total. The number of benzene rings is 1. The molecule has 0 spiro atoms. The Hall–Kier alpha value is -1.91. The van der Waals surface area contributed by atoms with Crippen molar-refractivity contribution in [2.24, 2.45) is 0 Å². The first-order valence-corrected chi connectivity index (χ1v) is 11.7. The molecule has 0 saturated carbocycles. The summed E-state index contributed by atoms with van der Waals surface area (Å²) in [6.45, 7) is 2.84. The van der Waals surface area contributed by atoms with Crippen molar-refractivity contribution in [3.63, 3.8) is 0 Å². The molecule has 0 radical (unpaired) electrons. The van der Waals surface area contributed by atoms with Crippen LogP contribution >= 0.6 is 0 Å². The highest BCUT2D eigenvalue weighted by molar-refractivity contribution is 5.72. The third kappa shape index (κ3) is 14.1. The second-order valence-electron chi connectivity index (χ2n) is 7.82. The van der Waals surface area contributed by atoms with Crippen LogP contribution < -0.4 is 0 Å². The average Bonchev–Trinajstić information content (AvgIpc) is 2.73. The number of hydrogen-bond donors (Lipinski definition) is 0. The Labute approximate surface area is 181 Å². The molecular weight excluding hydrogens is 383 g/mol. The number of carbonyl (C=O) groups is 2. The molecule has 1 aromatic carbocycles. The third-order valence-corrected chi connectivity index (χ3v) is 5.12. The van der Waals surface area contributed by atoms with Crippen molar-refractivity contribution in [3.8, 4) is 0 Å². The highest BCUT2D eigenvalue weighted by atomic mass is 19.1. The van der Waals surface area contributed by atoms with Gasteiger partial charge < -0.3 is 9.47 Å². The molecule has 0 unspecified atom stereocenters. The van der Waals surface area contributed by atoms with Gasteiger partial charge in [-0.05, 0) is 24.5 Å². The molecule has 30 heavy (non-hydrogen) atoms. The zero-order valence-corrected chi connectivity index (χ0v) is 18.6. The Bertz CT molecular complexity index is 588. The van der Waals surface area contributed by atoms with Crippen LogP contribution in [0, 0.1) is 5.82 Å². The Balaban J connectivity index is 1.89. The van der Waals surface area contributed by atoms with E-state index in [1.165, 1.54) is 57.4 Å². The first kappa shape index (κ1) is 26.1. The van der Waals surface area contributed by atoms with E-state index < -0.39 is 0 Å². The summed E-state index contributed by atoms with van der Waals surface area (Å²) >= 11 is 0. The molecule has 0 bridgehead atoms. The minimum atomic E-state index is -0.367. The number of hydrogen-bond acceptors (Lipinski definition) is 4. The van der Waals surface area contributed by atoms with E-state index in [2.05, 4.69) is 6.92 Å². The molecular formula is C25H39FO4. The minimum Gasteiger partial charge on any atom is -0.466 e. The van der Waals surface area contributed by atoms with Crippen molar-refractivity contribution in [1.29, 1.82) is 0 Å². The molecule has 1 aromatic rings. The van der Waals surface area contributed by atoms with Crippen LogP contribution in [0.5, 0.6) is 0 Å². The minimum absolute atomic E-state index is 0.142. The Morgan fingerprint density at radius 3 is 1.87 bits per heavy atom. The van der Waals surface area contributed by atoms with Gasteiger partial charge in [0, 0.05) is 19.3 Å². The van der Waals surface area contributed by atoms with Gasteiger partial charge in [0.2, 0.25) is 0 Å². The van der Waals surface area contributed by atoms with E-state index in [1.54, 1.807) is 18.2 Å². The van der Waals surface area contributed by atoms with E-state index in [4.69, 9.17) is 9.47 Å². The van der Waals surface area contributed by atoms with Gasteiger partial charge in [-0.3, -0.25) is 9.59 Å². The van der Waals surface area contributed by atoms with Crippen LogP contribution in [0.4, 0.5) is 4.39 Å². The molecule has 0 aliphatic rings. The van der Waals surface area contributed by atoms with Gasteiger partial charge >= 0.3 is 11.9 Å². The van der Waals surface area contributed by atoms with Crippen LogP contribution in [0.2, 0.25) is 0 Å². The van der Waals surface area contributed by atoms with Crippen LogP contribution in [0.1, 0.15) is 96.0 Å². The van der Waals surface area contributed by atoms with Gasteiger partial charge in [0.25, 0.3) is 0 Å². The van der Waals surface area contributed by atoms with Crippen LogP contribution in [0.25, 0.3) is 0 Å². The molecule has 4 nitrogen and oxygen atoms in total. The molecule has 0 heterocycles. The largest absolute Gasteiger partial charge is 0.466 e. The summed E-state index contributed by atoms with van der Waals surface area (Å²) in [5, 5.41) is 0. The van der Waals surface area contributed by atoms with E-state index in [0.29, 0.717) is 25.0 Å². The van der Waals surface area contributed by atoms with E-state index in [0.717, 1.165) is 12.8 Å². The normalized spacial score (nSPS) is 10.7. The maximum Gasteiger partial charge on any atom is 0.305 e. The molecule has 0 aliphatic heterocycles. The fourth-order valence-electron chi connectivity index (χ4n) is 3.27. The predicted molar refractivity (Wildman–Crippen MR) is 118 cm³/mol. The molecule has 1 rings (SSSR count). The fourth-order valence-corrected chi connectivity index (χ4v) is 3.27.